The summed E-state index contributed by atoms with van der Waals surface area (Å²) in [6, 6.07) is 0.677. The quantitative estimate of drug-likeness (QED) is 0.813. The Hall–Kier alpha value is -0.120. The van der Waals surface area contributed by atoms with Crippen molar-refractivity contribution in [2.24, 2.45) is 0 Å². The van der Waals surface area contributed by atoms with E-state index in [1.807, 2.05) is 7.11 Å². The number of piperazine rings is 1. The van der Waals surface area contributed by atoms with Gasteiger partial charge in [0.25, 0.3) is 0 Å². The molecule has 1 aliphatic heterocycles. The maximum atomic E-state index is 5.78. The van der Waals surface area contributed by atoms with E-state index in [0.717, 1.165) is 19.6 Å². The molecule has 1 aliphatic carbocycles. The molecule has 1 saturated heterocycles. The summed E-state index contributed by atoms with van der Waals surface area (Å²) in [7, 11) is 1.88. The van der Waals surface area contributed by atoms with Crippen molar-refractivity contribution < 1.29 is 4.74 Å². The van der Waals surface area contributed by atoms with Gasteiger partial charge in [0, 0.05) is 38.3 Å². The van der Waals surface area contributed by atoms with E-state index in [1.165, 1.54) is 25.7 Å². The van der Waals surface area contributed by atoms with Crippen LogP contribution in [0, 0.1) is 0 Å². The van der Waals surface area contributed by atoms with Gasteiger partial charge in [-0.15, -0.1) is 0 Å². The second kappa shape index (κ2) is 4.87. The predicted molar refractivity (Wildman–Crippen MR) is 71.3 cm³/mol. The van der Waals surface area contributed by atoms with Crippen LogP contribution >= 0.6 is 0 Å². The first-order valence-corrected chi connectivity index (χ1v) is 7.04. The molecule has 0 amide bonds. The molecular formula is C14H28N2O. The Balaban J connectivity index is 2.00. The molecule has 1 saturated carbocycles. The van der Waals surface area contributed by atoms with Crippen LogP contribution in [0.4, 0.5) is 0 Å². The van der Waals surface area contributed by atoms with Crippen molar-refractivity contribution >= 4 is 0 Å². The van der Waals surface area contributed by atoms with E-state index < -0.39 is 0 Å². The number of methoxy groups -OCH3 is 1. The molecule has 0 aromatic carbocycles. The maximum Gasteiger partial charge on any atom is 0.0805 e. The van der Waals surface area contributed by atoms with Gasteiger partial charge in [0.15, 0.2) is 0 Å². The molecule has 3 nitrogen and oxygen atoms in total. The highest BCUT2D eigenvalue weighted by Gasteiger charge is 2.42. The molecular weight excluding hydrogens is 212 g/mol. The van der Waals surface area contributed by atoms with Gasteiger partial charge in [-0.2, -0.15) is 0 Å². The van der Waals surface area contributed by atoms with E-state index in [1.54, 1.807) is 0 Å². The van der Waals surface area contributed by atoms with E-state index in [4.69, 9.17) is 4.74 Å². The highest BCUT2D eigenvalue weighted by molar-refractivity contribution is 4.98. The highest BCUT2D eigenvalue weighted by atomic mass is 16.5. The fourth-order valence-corrected chi connectivity index (χ4v) is 3.17. The third-order valence-corrected chi connectivity index (χ3v) is 4.59. The van der Waals surface area contributed by atoms with Crippen LogP contribution in [0.15, 0.2) is 0 Å². The normalized spacial score (nSPS) is 32.1. The summed E-state index contributed by atoms with van der Waals surface area (Å²) in [4.78, 5) is 2.65. The molecule has 0 radical (unpaired) electrons. The molecule has 0 spiro atoms. The van der Waals surface area contributed by atoms with Crippen LogP contribution in [0.1, 0.15) is 46.5 Å². The van der Waals surface area contributed by atoms with Gasteiger partial charge >= 0.3 is 0 Å². The first-order valence-electron chi connectivity index (χ1n) is 7.04. The molecule has 2 fully saturated rings. The Labute approximate surface area is 106 Å². The first-order chi connectivity index (χ1) is 8.00. The molecule has 100 valence electrons. The van der Waals surface area contributed by atoms with Gasteiger partial charge in [0.05, 0.1) is 5.60 Å². The lowest BCUT2D eigenvalue weighted by molar-refractivity contribution is -0.105. The zero-order valence-corrected chi connectivity index (χ0v) is 11.9. The van der Waals surface area contributed by atoms with Crippen molar-refractivity contribution in [2.75, 3.05) is 26.7 Å². The topological polar surface area (TPSA) is 24.5 Å². The molecule has 1 heterocycles. The number of hydrogen-bond donors (Lipinski definition) is 1. The smallest absolute Gasteiger partial charge is 0.0805 e. The summed E-state index contributed by atoms with van der Waals surface area (Å²) in [5.41, 5.74) is 0.408. The fraction of sp³-hybridized carbons (Fsp3) is 1.00. The minimum absolute atomic E-state index is 0.167. The molecule has 1 atom stereocenters. The fourth-order valence-electron chi connectivity index (χ4n) is 3.17. The van der Waals surface area contributed by atoms with E-state index >= 15 is 0 Å². The molecule has 3 heteroatoms. The molecule has 1 N–H and O–H groups in total. The van der Waals surface area contributed by atoms with Gasteiger partial charge in [-0.05, 0) is 39.5 Å². The number of rotatable bonds is 4. The Morgan fingerprint density at radius 2 is 2.06 bits per heavy atom. The number of hydrogen-bond acceptors (Lipinski definition) is 3. The lowest BCUT2D eigenvalue weighted by Crippen LogP contribution is -2.64. The minimum atomic E-state index is 0.167. The second-order valence-electron chi connectivity index (χ2n) is 6.47. The Bertz CT molecular complexity index is 255. The van der Waals surface area contributed by atoms with Crippen molar-refractivity contribution in [3.8, 4) is 0 Å². The van der Waals surface area contributed by atoms with Gasteiger partial charge in [0.2, 0.25) is 0 Å². The van der Waals surface area contributed by atoms with Crippen LogP contribution in [0.5, 0.6) is 0 Å². The lowest BCUT2D eigenvalue weighted by atomic mass is 9.78. The largest absolute Gasteiger partial charge is 0.377 e. The van der Waals surface area contributed by atoms with Crippen molar-refractivity contribution in [3.05, 3.63) is 0 Å². The maximum absolute atomic E-state index is 5.78. The third kappa shape index (κ3) is 2.83. The second-order valence-corrected chi connectivity index (χ2v) is 6.47. The number of ether oxygens (including phenoxy) is 1. The summed E-state index contributed by atoms with van der Waals surface area (Å²) >= 11 is 0. The molecule has 0 aromatic heterocycles. The number of nitrogens with zero attached hydrogens (tertiary/aromatic N) is 1. The third-order valence-electron chi connectivity index (χ3n) is 4.59. The van der Waals surface area contributed by atoms with Crippen LogP contribution < -0.4 is 5.32 Å². The summed E-state index contributed by atoms with van der Waals surface area (Å²) in [6.07, 6.45) is 5.04. The van der Waals surface area contributed by atoms with Gasteiger partial charge in [-0.1, -0.05) is 6.92 Å². The van der Waals surface area contributed by atoms with Crippen LogP contribution in [-0.2, 0) is 4.74 Å². The molecule has 1 unspecified atom stereocenters. The van der Waals surface area contributed by atoms with E-state index in [2.05, 4.69) is 31.0 Å². The van der Waals surface area contributed by atoms with Gasteiger partial charge in [-0.3, -0.25) is 4.90 Å². The molecule has 0 bridgehead atoms. The van der Waals surface area contributed by atoms with Crippen molar-refractivity contribution in [3.63, 3.8) is 0 Å². The SMILES string of the molecule is CCC1CNC(C)(C)CN1CC1(OC)CCC1. The Morgan fingerprint density at radius 3 is 2.53 bits per heavy atom. The van der Waals surface area contributed by atoms with Crippen molar-refractivity contribution in [2.45, 2.75) is 63.6 Å². The molecule has 2 rings (SSSR count). The van der Waals surface area contributed by atoms with Crippen molar-refractivity contribution in [1.29, 1.82) is 0 Å². The highest BCUT2D eigenvalue weighted by Crippen LogP contribution is 2.37. The van der Waals surface area contributed by atoms with E-state index in [0.29, 0.717) is 6.04 Å². The van der Waals surface area contributed by atoms with Crippen LogP contribution in [0.2, 0.25) is 0 Å². The standard InChI is InChI=1S/C14H28N2O/c1-5-12-9-15-13(2,3)10-16(12)11-14(17-4)7-6-8-14/h12,15H,5-11H2,1-4H3. The van der Waals surface area contributed by atoms with Crippen molar-refractivity contribution in [1.82, 2.24) is 10.2 Å². The predicted octanol–water partition coefficient (Wildman–Crippen LogP) is 2.02. The zero-order chi connectivity index (χ0) is 12.5. The van der Waals surface area contributed by atoms with E-state index in [9.17, 15) is 0 Å². The van der Waals surface area contributed by atoms with Crippen LogP contribution in [0.3, 0.4) is 0 Å². The average molecular weight is 240 g/mol. The van der Waals surface area contributed by atoms with Crippen LogP contribution in [0.25, 0.3) is 0 Å². The van der Waals surface area contributed by atoms with Crippen LogP contribution in [-0.4, -0.2) is 48.8 Å². The van der Waals surface area contributed by atoms with Gasteiger partial charge in [0.1, 0.15) is 0 Å². The first kappa shape index (κ1) is 13.3. The monoisotopic (exact) mass is 240 g/mol. The van der Waals surface area contributed by atoms with Gasteiger partial charge < -0.3 is 10.1 Å². The Morgan fingerprint density at radius 1 is 1.35 bits per heavy atom. The zero-order valence-electron chi connectivity index (χ0n) is 11.9. The summed E-state index contributed by atoms with van der Waals surface area (Å²) in [6.45, 7) is 10.3. The minimum Gasteiger partial charge on any atom is -0.377 e. The molecule has 17 heavy (non-hydrogen) atoms. The van der Waals surface area contributed by atoms with Gasteiger partial charge in [-0.25, -0.2) is 0 Å². The summed E-state index contributed by atoms with van der Waals surface area (Å²) in [5, 5.41) is 3.65. The number of nitrogens with one attached hydrogen (secondary N) is 1. The summed E-state index contributed by atoms with van der Waals surface area (Å²) < 4.78 is 5.78. The summed E-state index contributed by atoms with van der Waals surface area (Å²) in [5.74, 6) is 0. The van der Waals surface area contributed by atoms with E-state index in [-0.39, 0.29) is 11.1 Å². The Kier molecular flexibility index (Phi) is 3.81. The molecule has 0 aromatic rings. The molecule has 2 aliphatic rings. The lowest BCUT2D eigenvalue weighted by Gasteiger charge is -2.50. The average Bonchev–Trinajstić information content (AvgIpc) is 2.23.